The van der Waals surface area contributed by atoms with E-state index in [4.69, 9.17) is 16.3 Å². The van der Waals surface area contributed by atoms with E-state index in [0.717, 1.165) is 0 Å². The van der Waals surface area contributed by atoms with Gasteiger partial charge in [-0.2, -0.15) is 0 Å². The number of allylic oxidation sites excluding steroid dienone is 3. The van der Waals surface area contributed by atoms with E-state index in [2.05, 4.69) is 13.2 Å². The third-order valence-corrected chi connectivity index (χ3v) is 1.02. The third-order valence-electron chi connectivity index (χ3n) is 0.756. The van der Waals surface area contributed by atoms with Crippen LogP contribution in [0.15, 0.2) is 36.1 Å². The van der Waals surface area contributed by atoms with Crippen molar-refractivity contribution in [2.75, 3.05) is 7.11 Å². The number of halogens is 1. The fourth-order valence-electron chi connectivity index (χ4n) is 0.272. The SMILES string of the molecule is C=C/C(Cl)=C\C(=C)OC. The van der Waals surface area contributed by atoms with Crippen molar-refractivity contribution >= 4 is 11.6 Å². The van der Waals surface area contributed by atoms with Crippen LogP contribution >= 0.6 is 11.6 Å². The highest BCUT2D eigenvalue weighted by molar-refractivity contribution is 6.31. The Hall–Kier alpha value is -0.690. The second-order valence-electron chi connectivity index (χ2n) is 1.40. The quantitative estimate of drug-likeness (QED) is 0.437. The molecule has 0 spiro atoms. The second kappa shape index (κ2) is 4.21. The maximum Gasteiger partial charge on any atom is 0.113 e. The number of ether oxygens (including phenoxy) is 1. The molecule has 0 atom stereocenters. The maximum atomic E-state index is 5.54. The van der Waals surface area contributed by atoms with Crippen molar-refractivity contribution < 1.29 is 4.74 Å². The average molecular weight is 145 g/mol. The molecule has 0 aliphatic heterocycles. The van der Waals surface area contributed by atoms with E-state index < -0.39 is 0 Å². The van der Waals surface area contributed by atoms with Crippen molar-refractivity contribution in [3.63, 3.8) is 0 Å². The van der Waals surface area contributed by atoms with Gasteiger partial charge >= 0.3 is 0 Å². The normalized spacial score (nSPS) is 10.7. The molecule has 2 heteroatoms. The van der Waals surface area contributed by atoms with Gasteiger partial charge in [-0.15, -0.1) is 0 Å². The van der Waals surface area contributed by atoms with Crippen LogP contribution in [-0.2, 0) is 4.74 Å². The lowest BCUT2D eigenvalue weighted by Gasteiger charge is -1.94. The summed E-state index contributed by atoms with van der Waals surface area (Å²) >= 11 is 5.54. The molecule has 0 amide bonds. The zero-order valence-electron chi connectivity index (χ0n) is 5.36. The Kier molecular flexibility index (Phi) is 3.89. The first-order valence-corrected chi connectivity index (χ1v) is 2.81. The summed E-state index contributed by atoms with van der Waals surface area (Å²) in [5.74, 6) is 0.528. The van der Waals surface area contributed by atoms with E-state index in [0.29, 0.717) is 10.8 Å². The van der Waals surface area contributed by atoms with E-state index in [1.165, 1.54) is 13.2 Å². The molecule has 1 nitrogen and oxygen atoms in total. The number of methoxy groups -OCH3 is 1. The fourth-order valence-corrected chi connectivity index (χ4v) is 0.393. The molecule has 0 fully saturated rings. The van der Waals surface area contributed by atoms with E-state index in [1.54, 1.807) is 6.08 Å². The minimum absolute atomic E-state index is 0.528. The van der Waals surface area contributed by atoms with Gasteiger partial charge in [0.1, 0.15) is 5.76 Å². The van der Waals surface area contributed by atoms with Crippen molar-refractivity contribution in [2.24, 2.45) is 0 Å². The number of hydrogen-bond donors (Lipinski definition) is 0. The highest BCUT2D eigenvalue weighted by Gasteiger charge is 1.85. The van der Waals surface area contributed by atoms with Gasteiger partial charge in [-0.3, -0.25) is 0 Å². The first-order valence-electron chi connectivity index (χ1n) is 2.43. The van der Waals surface area contributed by atoms with Crippen LogP contribution in [0.4, 0.5) is 0 Å². The van der Waals surface area contributed by atoms with E-state index in [-0.39, 0.29) is 0 Å². The topological polar surface area (TPSA) is 9.23 Å². The van der Waals surface area contributed by atoms with Crippen LogP contribution in [0.2, 0.25) is 0 Å². The number of hydrogen-bond acceptors (Lipinski definition) is 1. The van der Waals surface area contributed by atoms with Gasteiger partial charge in [-0.1, -0.05) is 30.8 Å². The lowest BCUT2D eigenvalue weighted by molar-refractivity contribution is 0.308. The van der Waals surface area contributed by atoms with Crippen LogP contribution in [0.25, 0.3) is 0 Å². The summed E-state index contributed by atoms with van der Waals surface area (Å²) in [6.07, 6.45) is 3.11. The minimum atomic E-state index is 0.528. The van der Waals surface area contributed by atoms with E-state index >= 15 is 0 Å². The summed E-state index contributed by atoms with van der Waals surface area (Å²) in [5.41, 5.74) is 0. The zero-order chi connectivity index (χ0) is 7.28. The maximum absolute atomic E-state index is 5.54. The Labute approximate surface area is 60.3 Å². The van der Waals surface area contributed by atoms with Crippen molar-refractivity contribution in [2.45, 2.75) is 0 Å². The molecule has 9 heavy (non-hydrogen) atoms. The van der Waals surface area contributed by atoms with Crippen molar-refractivity contribution in [3.8, 4) is 0 Å². The summed E-state index contributed by atoms with van der Waals surface area (Å²) in [4.78, 5) is 0. The smallest absolute Gasteiger partial charge is 0.113 e. The van der Waals surface area contributed by atoms with Gasteiger partial charge in [0.15, 0.2) is 0 Å². The van der Waals surface area contributed by atoms with Crippen molar-refractivity contribution in [3.05, 3.63) is 36.1 Å². The molecule has 0 saturated heterocycles. The third kappa shape index (κ3) is 3.86. The lowest BCUT2D eigenvalue weighted by Crippen LogP contribution is -1.77. The summed E-state index contributed by atoms with van der Waals surface area (Å²) in [6.45, 7) is 6.98. The van der Waals surface area contributed by atoms with Gasteiger partial charge in [0.25, 0.3) is 0 Å². The monoisotopic (exact) mass is 144 g/mol. The molecule has 0 aromatic carbocycles. The van der Waals surface area contributed by atoms with Gasteiger partial charge in [-0.25, -0.2) is 0 Å². The molecule has 0 rings (SSSR count). The summed E-state index contributed by atoms with van der Waals surface area (Å²) in [5, 5.41) is 0.529. The van der Waals surface area contributed by atoms with Crippen LogP contribution in [0.5, 0.6) is 0 Å². The van der Waals surface area contributed by atoms with Crippen molar-refractivity contribution in [1.82, 2.24) is 0 Å². The van der Waals surface area contributed by atoms with Gasteiger partial charge in [-0.05, 0) is 6.08 Å². The predicted molar refractivity (Wildman–Crippen MR) is 40.3 cm³/mol. The van der Waals surface area contributed by atoms with Gasteiger partial charge in [0.2, 0.25) is 0 Å². The fraction of sp³-hybridized carbons (Fsp3) is 0.143. The number of rotatable bonds is 3. The van der Waals surface area contributed by atoms with Gasteiger partial charge in [0.05, 0.1) is 7.11 Å². The van der Waals surface area contributed by atoms with Crippen LogP contribution < -0.4 is 0 Å². The van der Waals surface area contributed by atoms with Crippen LogP contribution in [0.1, 0.15) is 0 Å². The summed E-state index contributed by atoms with van der Waals surface area (Å²) in [6, 6.07) is 0. The highest BCUT2D eigenvalue weighted by atomic mass is 35.5. The molecule has 0 aromatic rings. The first-order chi connectivity index (χ1) is 4.20. The molecule has 0 aliphatic rings. The molecule has 50 valence electrons. The predicted octanol–water partition coefficient (Wildman–Crippen LogP) is 2.46. The molecule has 0 N–H and O–H groups in total. The molecule has 0 unspecified atom stereocenters. The zero-order valence-corrected chi connectivity index (χ0v) is 6.11. The van der Waals surface area contributed by atoms with Gasteiger partial charge < -0.3 is 4.74 Å². The molecule has 0 aromatic heterocycles. The highest BCUT2D eigenvalue weighted by Crippen LogP contribution is 2.05. The van der Waals surface area contributed by atoms with Crippen molar-refractivity contribution in [1.29, 1.82) is 0 Å². The Morgan fingerprint density at radius 1 is 1.67 bits per heavy atom. The van der Waals surface area contributed by atoms with Crippen LogP contribution in [-0.4, -0.2) is 7.11 Å². The Morgan fingerprint density at radius 2 is 2.22 bits per heavy atom. The molecule has 0 aliphatic carbocycles. The van der Waals surface area contributed by atoms with Crippen LogP contribution in [0.3, 0.4) is 0 Å². The Morgan fingerprint density at radius 3 is 2.56 bits per heavy atom. The first kappa shape index (κ1) is 8.31. The lowest BCUT2D eigenvalue weighted by atomic mass is 10.4. The molecule has 0 bridgehead atoms. The minimum Gasteiger partial charge on any atom is -0.497 e. The largest absolute Gasteiger partial charge is 0.497 e. The van der Waals surface area contributed by atoms with E-state index in [1.807, 2.05) is 0 Å². The van der Waals surface area contributed by atoms with Crippen LogP contribution in [0, 0.1) is 0 Å². The molecule has 0 saturated carbocycles. The second-order valence-corrected chi connectivity index (χ2v) is 1.84. The Bertz CT molecular complexity index is 147. The van der Waals surface area contributed by atoms with E-state index in [9.17, 15) is 0 Å². The summed E-state index contributed by atoms with van der Waals surface area (Å²) < 4.78 is 4.72. The standard InChI is InChI=1S/C7H9ClO/c1-4-7(8)5-6(2)9-3/h4-5H,1-2H2,3H3/b7-5+. The molecule has 0 radical (unpaired) electrons. The molecular formula is C7H9ClO. The molecular weight excluding hydrogens is 136 g/mol. The average Bonchev–Trinajstić information content (AvgIpc) is 1.87. The molecule has 0 heterocycles. The Balaban J connectivity index is 3.94. The summed E-state index contributed by atoms with van der Waals surface area (Å²) in [7, 11) is 1.53. The van der Waals surface area contributed by atoms with Gasteiger partial charge in [0, 0.05) is 5.03 Å².